The smallest absolute Gasteiger partial charge is 0.276 e. The molecule has 0 aliphatic rings. The second-order valence-electron chi connectivity index (χ2n) is 4.20. The number of carbonyl (C=O) groups excluding carboxylic acids is 2. The summed E-state index contributed by atoms with van der Waals surface area (Å²) in [5, 5.41) is 0. The van der Waals surface area contributed by atoms with Gasteiger partial charge in [0.2, 0.25) is 0 Å². The van der Waals surface area contributed by atoms with Crippen LogP contribution >= 0.6 is 0 Å². The van der Waals surface area contributed by atoms with Gasteiger partial charge in [0.15, 0.2) is 18.1 Å². The van der Waals surface area contributed by atoms with Gasteiger partial charge in [-0.25, -0.2) is 0 Å². The first-order valence-electron chi connectivity index (χ1n) is 6.02. The van der Waals surface area contributed by atoms with Gasteiger partial charge in [0, 0.05) is 6.08 Å². The molecule has 2 amide bonds. The van der Waals surface area contributed by atoms with Gasteiger partial charge in [0.1, 0.15) is 0 Å². The van der Waals surface area contributed by atoms with E-state index in [0.29, 0.717) is 11.5 Å². The molecule has 0 aliphatic carbocycles. The van der Waals surface area contributed by atoms with Crippen LogP contribution in [0.2, 0.25) is 0 Å². The van der Waals surface area contributed by atoms with Crippen molar-refractivity contribution < 1.29 is 19.1 Å². The number of para-hydroxylation sites is 2. The summed E-state index contributed by atoms with van der Waals surface area (Å²) in [4.78, 5) is 22.8. The van der Waals surface area contributed by atoms with Crippen molar-refractivity contribution in [2.24, 2.45) is 0 Å². The molecule has 0 unspecified atom stereocenters. The van der Waals surface area contributed by atoms with Crippen LogP contribution < -0.4 is 20.3 Å². The van der Waals surface area contributed by atoms with Crippen molar-refractivity contribution in [2.45, 2.75) is 13.8 Å². The van der Waals surface area contributed by atoms with Gasteiger partial charge in [-0.15, -0.1) is 0 Å². The fourth-order valence-electron chi connectivity index (χ4n) is 1.35. The molecule has 6 heteroatoms. The topological polar surface area (TPSA) is 76.7 Å². The second kappa shape index (κ2) is 7.83. The Morgan fingerprint density at radius 1 is 1.15 bits per heavy atom. The molecule has 0 heterocycles. The van der Waals surface area contributed by atoms with Gasteiger partial charge in [0.05, 0.1) is 7.11 Å². The first kappa shape index (κ1) is 15.6. The molecule has 0 saturated carbocycles. The highest BCUT2D eigenvalue weighted by Crippen LogP contribution is 2.25. The Morgan fingerprint density at radius 2 is 1.80 bits per heavy atom. The van der Waals surface area contributed by atoms with Crippen molar-refractivity contribution in [3.63, 3.8) is 0 Å². The van der Waals surface area contributed by atoms with Crippen LogP contribution in [0, 0.1) is 0 Å². The molecule has 0 fully saturated rings. The third kappa shape index (κ3) is 5.43. The Labute approximate surface area is 117 Å². The highest BCUT2D eigenvalue weighted by atomic mass is 16.5. The van der Waals surface area contributed by atoms with Gasteiger partial charge in [-0.1, -0.05) is 17.7 Å². The van der Waals surface area contributed by atoms with Crippen LogP contribution in [0.25, 0.3) is 0 Å². The normalized spacial score (nSPS) is 9.35. The monoisotopic (exact) mass is 278 g/mol. The number of hydrogen-bond donors (Lipinski definition) is 2. The molecule has 1 aromatic rings. The molecular formula is C14H18N2O4. The van der Waals surface area contributed by atoms with E-state index in [4.69, 9.17) is 9.47 Å². The molecular weight excluding hydrogens is 260 g/mol. The second-order valence-corrected chi connectivity index (χ2v) is 4.20. The first-order chi connectivity index (χ1) is 9.52. The number of amides is 2. The standard InChI is InChI=1S/C14H18N2O4/c1-10(2)8-13(17)15-16-14(18)9-20-12-7-5-4-6-11(12)19-3/h4-8H,9H2,1-3H3,(H,15,17)(H,16,18). The predicted molar refractivity (Wildman–Crippen MR) is 74.2 cm³/mol. The predicted octanol–water partition coefficient (Wildman–Crippen LogP) is 1.19. The summed E-state index contributed by atoms with van der Waals surface area (Å²) in [6.07, 6.45) is 1.38. The third-order valence-electron chi connectivity index (χ3n) is 2.17. The maximum atomic E-state index is 11.5. The third-order valence-corrected chi connectivity index (χ3v) is 2.17. The molecule has 1 aromatic carbocycles. The summed E-state index contributed by atoms with van der Waals surface area (Å²) in [5.41, 5.74) is 5.33. The molecule has 0 bridgehead atoms. The lowest BCUT2D eigenvalue weighted by molar-refractivity contribution is -0.128. The van der Waals surface area contributed by atoms with Crippen molar-refractivity contribution in [2.75, 3.05) is 13.7 Å². The van der Waals surface area contributed by atoms with Crippen LogP contribution in [-0.2, 0) is 9.59 Å². The van der Waals surface area contributed by atoms with Crippen LogP contribution in [-0.4, -0.2) is 25.5 Å². The van der Waals surface area contributed by atoms with E-state index in [9.17, 15) is 9.59 Å². The van der Waals surface area contributed by atoms with E-state index in [0.717, 1.165) is 5.57 Å². The molecule has 0 atom stereocenters. The fraction of sp³-hybridized carbons (Fsp3) is 0.286. The van der Waals surface area contributed by atoms with Gasteiger partial charge >= 0.3 is 0 Å². The van der Waals surface area contributed by atoms with E-state index in [1.54, 1.807) is 38.1 Å². The molecule has 0 spiro atoms. The Hall–Kier alpha value is -2.50. The number of ether oxygens (including phenoxy) is 2. The summed E-state index contributed by atoms with van der Waals surface area (Å²) < 4.78 is 10.4. The van der Waals surface area contributed by atoms with E-state index in [1.807, 2.05) is 0 Å². The largest absolute Gasteiger partial charge is 0.493 e. The molecule has 0 radical (unpaired) electrons. The Morgan fingerprint density at radius 3 is 2.40 bits per heavy atom. The molecule has 0 aromatic heterocycles. The zero-order valence-electron chi connectivity index (χ0n) is 11.7. The molecule has 6 nitrogen and oxygen atoms in total. The summed E-state index contributed by atoms with van der Waals surface area (Å²) in [7, 11) is 1.52. The van der Waals surface area contributed by atoms with Crippen molar-refractivity contribution in [3.05, 3.63) is 35.9 Å². The number of benzene rings is 1. The van der Waals surface area contributed by atoms with Gasteiger partial charge in [0.25, 0.3) is 11.8 Å². The lowest BCUT2D eigenvalue weighted by atomic mass is 10.3. The van der Waals surface area contributed by atoms with Crippen molar-refractivity contribution in [1.29, 1.82) is 0 Å². The Bertz CT molecular complexity index is 508. The molecule has 0 aliphatic heterocycles. The maximum Gasteiger partial charge on any atom is 0.276 e. The molecule has 2 N–H and O–H groups in total. The SMILES string of the molecule is COc1ccccc1OCC(=O)NNC(=O)C=C(C)C. The summed E-state index contributed by atoms with van der Waals surface area (Å²) in [5.74, 6) is 0.136. The first-order valence-corrected chi connectivity index (χ1v) is 6.02. The quantitative estimate of drug-likeness (QED) is 0.626. The number of hydrogen-bond acceptors (Lipinski definition) is 4. The number of allylic oxidation sites excluding steroid dienone is 1. The van der Waals surface area contributed by atoms with Crippen LogP contribution in [0.15, 0.2) is 35.9 Å². The number of carbonyl (C=O) groups is 2. The maximum absolute atomic E-state index is 11.5. The molecule has 0 saturated heterocycles. The van der Waals surface area contributed by atoms with Crippen LogP contribution in [0.1, 0.15) is 13.8 Å². The van der Waals surface area contributed by atoms with E-state index >= 15 is 0 Å². The van der Waals surface area contributed by atoms with E-state index in [-0.39, 0.29) is 6.61 Å². The summed E-state index contributed by atoms with van der Waals surface area (Å²) in [6.45, 7) is 3.34. The minimum absolute atomic E-state index is 0.227. The highest BCUT2D eigenvalue weighted by molar-refractivity contribution is 5.90. The van der Waals surface area contributed by atoms with Gasteiger partial charge in [-0.2, -0.15) is 0 Å². The van der Waals surface area contributed by atoms with Crippen molar-refractivity contribution in [1.82, 2.24) is 10.9 Å². The average Bonchev–Trinajstić information content (AvgIpc) is 2.42. The minimum atomic E-state index is -0.466. The Kier molecular flexibility index (Phi) is 6.09. The Balaban J connectivity index is 2.40. The number of hydrazine groups is 1. The van der Waals surface area contributed by atoms with E-state index < -0.39 is 11.8 Å². The zero-order valence-corrected chi connectivity index (χ0v) is 11.7. The average molecular weight is 278 g/mol. The lowest BCUT2D eigenvalue weighted by Gasteiger charge is -2.10. The van der Waals surface area contributed by atoms with E-state index in [2.05, 4.69) is 10.9 Å². The van der Waals surface area contributed by atoms with Crippen LogP contribution in [0.4, 0.5) is 0 Å². The molecule has 1 rings (SSSR count). The number of methoxy groups -OCH3 is 1. The van der Waals surface area contributed by atoms with Gasteiger partial charge in [-0.3, -0.25) is 20.4 Å². The molecule has 20 heavy (non-hydrogen) atoms. The van der Waals surface area contributed by atoms with Crippen LogP contribution in [0.5, 0.6) is 11.5 Å². The van der Waals surface area contributed by atoms with Gasteiger partial charge < -0.3 is 9.47 Å². The van der Waals surface area contributed by atoms with Gasteiger partial charge in [-0.05, 0) is 26.0 Å². The van der Waals surface area contributed by atoms with Crippen molar-refractivity contribution >= 4 is 11.8 Å². The summed E-state index contributed by atoms with van der Waals surface area (Å²) in [6, 6.07) is 6.98. The zero-order chi connectivity index (χ0) is 15.0. The fourth-order valence-corrected chi connectivity index (χ4v) is 1.35. The summed E-state index contributed by atoms with van der Waals surface area (Å²) >= 11 is 0. The van der Waals surface area contributed by atoms with E-state index in [1.165, 1.54) is 13.2 Å². The highest BCUT2D eigenvalue weighted by Gasteiger charge is 2.07. The minimum Gasteiger partial charge on any atom is -0.493 e. The number of rotatable bonds is 5. The van der Waals surface area contributed by atoms with Crippen LogP contribution in [0.3, 0.4) is 0 Å². The lowest BCUT2D eigenvalue weighted by Crippen LogP contribution is -2.43. The van der Waals surface area contributed by atoms with Crippen molar-refractivity contribution in [3.8, 4) is 11.5 Å². The molecule has 108 valence electrons. The number of nitrogens with one attached hydrogen (secondary N) is 2.